The van der Waals surface area contributed by atoms with Gasteiger partial charge in [0.15, 0.2) is 0 Å². The van der Waals surface area contributed by atoms with Gasteiger partial charge in [-0.25, -0.2) is 4.98 Å². The van der Waals surface area contributed by atoms with Crippen LogP contribution in [-0.4, -0.2) is 30.0 Å². The van der Waals surface area contributed by atoms with Gasteiger partial charge in [-0.05, 0) is 38.3 Å². The summed E-state index contributed by atoms with van der Waals surface area (Å²) in [5.41, 5.74) is 6.71. The number of piperidine rings is 1. The average Bonchev–Trinajstić information content (AvgIpc) is 2.39. The molecule has 3 N–H and O–H groups in total. The number of amides is 1. The first-order chi connectivity index (χ1) is 9.15. The SMILES string of the molecule is CC(N)CC(=O)Nc1ccc(N2CCCCC2)cn1. The predicted molar refractivity (Wildman–Crippen MR) is 77.2 cm³/mol. The number of rotatable bonds is 4. The lowest BCUT2D eigenvalue weighted by atomic mass is 10.1. The Kier molecular flexibility index (Phi) is 4.74. The molecule has 0 aliphatic carbocycles. The molecule has 1 aromatic heterocycles. The number of hydrogen-bond acceptors (Lipinski definition) is 4. The summed E-state index contributed by atoms with van der Waals surface area (Å²) < 4.78 is 0. The van der Waals surface area contributed by atoms with Crippen molar-refractivity contribution < 1.29 is 4.79 Å². The highest BCUT2D eigenvalue weighted by Gasteiger charge is 2.11. The van der Waals surface area contributed by atoms with Crippen molar-refractivity contribution in [3.63, 3.8) is 0 Å². The van der Waals surface area contributed by atoms with Crippen molar-refractivity contribution in [3.8, 4) is 0 Å². The lowest BCUT2D eigenvalue weighted by molar-refractivity contribution is -0.116. The molecule has 2 rings (SSSR count). The van der Waals surface area contributed by atoms with Gasteiger partial charge in [-0.3, -0.25) is 4.79 Å². The Labute approximate surface area is 114 Å². The van der Waals surface area contributed by atoms with Gasteiger partial charge in [-0.15, -0.1) is 0 Å². The smallest absolute Gasteiger partial charge is 0.227 e. The second-order valence-corrected chi connectivity index (χ2v) is 5.18. The van der Waals surface area contributed by atoms with E-state index in [-0.39, 0.29) is 11.9 Å². The minimum absolute atomic E-state index is 0.0896. The van der Waals surface area contributed by atoms with Crippen molar-refractivity contribution in [1.29, 1.82) is 0 Å². The quantitative estimate of drug-likeness (QED) is 0.867. The van der Waals surface area contributed by atoms with Crippen molar-refractivity contribution in [2.45, 2.75) is 38.6 Å². The van der Waals surface area contributed by atoms with Gasteiger partial charge in [0.25, 0.3) is 0 Å². The van der Waals surface area contributed by atoms with E-state index in [1.54, 1.807) is 0 Å². The minimum atomic E-state index is -0.132. The molecule has 1 saturated heterocycles. The Morgan fingerprint density at radius 1 is 1.42 bits per heavy atom. The van der Waals surface area contributed by atoms with Crippen LogP contribution in [-0.2, 0) is 4.79 Å². The fourth-order valence-electron chi connectivity index (χ4n) is 2.29. The molecule has 0 radical (unpaired) electrons. The number of aromatic nitrogens is 1. The zero-order valence-corrected chi connectivity index (χ0v) is 11.4. The van der Waals surface area contributed by atoms with Gasteiger partial charge in [0, 0.05) is 25.6 Å². The lowest BCUT2D eigenvalue weighted by Gasteiger charge is -2.28. The third-order valence-electron chi connectivity index (χ3n) is 3.24. The number of hydrogen-bond donors (Lipinski definition) is 2. The Balaban J connectivity index is 1.92. The van der Waals surface area contributed by atoms with Crippen molar-refractivity contribution in [1.82, 2.24) is 4.98 Å². The van der Waals surface area contributed by atoms with E-state index in [0.717, 1.165) is 18.8 Å². The lowest BCUT2D eigenvalue weighted by Crippen LogP contribution is -2.29. The summed E-state index contributed by atoms with van der Waals surface area (Å²) in [6.07, 6.45) is 5.94. The molecule has 1 atom stereocenters. The molecule has 1 aliphatic heterocycles. The summed E-state index contributed by atoms with van der Waals surface area (Å²) in [7, 11) is 0. The van der Waals surface area contributed by atoms with E-state index in [1.807, 2.05) is 25.3 Å². The van der Waals surface area contributed by atoms with Crippen LogP contribution in [0.2, 0.25) is 0 Å². The van der Waals surface area contributed by atoms with Crippen LogP contribution in [0.1, 0.15) is 32.6 Å². The number of anilines is 2. The van der Waals surface area contributed by atoms with Crippen molar-refractivity contribution in [2.75, 3.05) is 23.3 Å². The maximum Gasteiger partial charge on any atom is 0.227 e. The molecule has 1 amide bonds. The fourth-order valence-corrected chi connectivity index (χ4v) is 2.29. The summed E-state index contributed by atoms with van der Waals surface area (Å²) in [5, 5.41) is 2.75. The van der Waals surface area contributed by atoms with E-state index >= 15 is 0 Å². The molecule has 5 heteroatoms. The van der Waals surface area contributed by atoms with Crippen LogP contribution in [0.4, 0.5) is 11.5 Å². The van der Waals surface area contributed by atoms with Gasteiger partial charge < -0.3 is 16.0 Å². The highest BCUT2D eigenvalue weighted by molar-refractivity contribution is 5.90. The maximum atomic E-state index is 11.6. The highest BCUT2D eigenvalue weighted by atomic mass is 16.1. The first-order valence-corrected chi connectivity index (χ1v) is 6.91. The van der Waals surface area contributed by atoms with Crippen LogP contribution < -0.4 is 16.0 Å². The zero-order valence-electron chi connectivity index (χ0n) is 11.4. The van der Waals surface area contributed by atoms with Crippen molar-refractivity contribution in [3.05, 3.63) is 18.3 Å². The van der Waals surface area contributed by atoms with Gasteiger partial charge in [0.05, 0.1) is 11.9 Å². The number of nitrogens with one attached hydrogen (secondary N) is 1. The van der Waals surface area contributed by atoms with E-state index < -0.39 is 0 Å². The summed E-state index contributed by atoms with van der Waals surface area (Å²) in [6.45, 7) is 4.00. The number of pyridine rings is 1. The normalized spacial score (nSPS) is 17.1. The van der Waals surface area contributed by atoms with Gasteiger partial charge in [-0.1, -0.05) is 0 Å². The molecule has 0 aromatic carbocycles. The van der Waals surface area contributed by atoms with E-state index in [9.17, 15) is 4.79 Å². The highest BCUT2D eigenvalue weighted by Crippen LogP contribution is 2.19. The summed E-state index contributed by atoms with van der Waals surface area (Å²) in [4.78, 5) is 18.2. The van der Waals surface area contributed by atoms with Crippen molar-refractivity contribution in [2.24, 2.45) is 5.73 Å². The fraction of sp³-hybridized carbons (Fsp3) is 0.571. The van der Waals surface area contributed by atoms with Gasteiger partial charge >= 0.3 is 0 Å². The van der Waals surface area contributed by atoms with E-state index in [2.05, 4.69) is 15.2 Å². The third-order valence-corrected chi connectivity index (χ3v) is 3.24. The minimum Gasteiger partial charge on any atom is -0.370 e. The predicted octanol–water partition coefficient (Wildman–Crippen LogP) is 1.75. The molecule has 1 fully saturated rings. The molecular formula is C14H22N4O. The second kappa shape index (κ2) is 6.52. The first kappa shape index (κ1) is 13.8. The molecule has 0 spiro atoms. The van der Waals surface area contributed by atoms with Crippen LogP contribution in [0.5, 0.6) is 0 Å². The largest absolute Gasteiger partial charge is 0.370 e. The standard InChI is InChI=1S/C14H22N4O/c1-11(15)9-14(19)17-13-6-5-12(10-16-13)18-7-3-2-4-8-18/h5-6,10-11H,2-4,7-9,15H2,1H3,(H,16,17,19). The molecule has 2 heterocycles. The molecule has 1 aromatic rings. The van der Waals surface area contributed by atoms with Crippen molar-refractivity contribution >= 4 is 17.4 Å². The van der Waals surface area contributed by atoms with Crippen LogP contribution in [0, 0.1) is 0 Å². The second-order valence-electron chi connectivity index (χ2n) is 5.18. The Morgan fingerprint density at radius 3 is 2.74 bits per heavy atom. The molecule has 0 saturated carbocycles. The topological polar surface area (TPSA) is 71.2 Å². The molecule has 19 heavy (non-hydrogen) atoms. The van der Waals surface area contributed by atoms with Crippen LogP contribution in [0.15, 0.2) is 18.3 Å². The average molecular weight is 262 g/mol. The molecular weight excluding hydrogens is 240 g/mol. The van der Waals surface area contributed by atoms with E-state index in [1.165, 1.54) is 19.3 Å². The van der Waals surface area contributed by atoms with Crippen LogP contribution in [0.3, 0.4) is 0 Å². The number of carbonyl (C=O) groups is 1. The van der Waals surface area contributed by atoms with Gasteiger partial charge in [0.1, 0.15) is 5.82 Å². The summed E-state index contributed by atoms with van der Waals surface area (Å²) in [5.74, 6) is 0.500. The number of nitrogens with two attached hydrogens (primary N) is 1. The summed E-state index contributed by atoms with van der Waals surface area (Å²) >= 11 is 0. The van der Waals surface area contributed by atoms with Crippen LogP contribution in [0.25, 0.3) is 0 Å². The first-order valence-electron chi connectivity index (χ1n) is 6.91. The Hall–Kier alpha value is -1.62. The summed E-state index contributed by atoms with van der Waals surface area (Å²) in [6, 6.07) is 3.73. The third kappa shape index (κ3) is 4.21. The van der Waals surface area contributed by atoms with E-state index in [0.29, 0.717) is 12.2 Å². The number of carbonyl (C=O) groups excluding carboxylic acids is 1. The van der Waals surface area contributed by atoms with Gasteiger partial charge in [0.2, 0.25) is 5.91 Å². The molecule has 1 aliphatic rings. The maximum absolute atomic E-state index is 11.6. The number of nitrogens with zero attached hydrogens (tertiary/aromatic N) is 2. The Bertz CT molecular complexity index is 410. The zero-order chi connectivity index (χ0) is 13.7. The Morgan fingerprint density at radius 2 is 2.16 bits per heavy atom. The molecule has 1 unspecified atom stereocenters. The van der Waals surface area contributed by atoms with Crippen LogP contribution >= 0.6 is 0 Å². The van der Waals surface area contributed by atoms with Gasteiger partial charge in [-0.2, -0.15) is 0 Å². The van der Waals surface area contributed by atoms with E-state index in [4.69, 9.17) is 5.73 Å². The molecule has 0 bridgehead atoms. The molecule has 104 valence electrons. The molecule has 5 nitrogen and oxygen atoms in total. The monoisotopic (exact) mass is 262 g/mol.